The first kappa shape index (κ1) is 20.2. The summed E-state index contributed by atoms with van der Waals surface area (Å²) in [7, 11) is 0. The number of fused-ring (bicyclic) bond motifs is 1. The molecule has 1 aliphatic rings. The van der Waals surface area contributed by atoms with Crippen LogP contribution < -0.4 is 5.73 Å². The SMILES string of the molecule is Nc1nc(C#CC2(O)CCCCC2)nc2c1nc(-c1cccc(F)c1)n2-c1ccccc1. The van der Waals surface area contributed by atoms with Crippen LogP contribution in [0.4, 0.5) is 10.2 Å². The van der Waals surface area contributed by atoms with Gasteiger partial charge >= 0.3 is 0 Å². The van der Waals surface area contributed by atoms with Crippen molar-refractivity contribution in [2.45, 2.75) is 37.7 Å². The van der Waals surface area contributed by atoms with Crippen molar-refractivity contribution in [2.75, 3.05) is 5.73 Å². The van der Waals surface area contributed by atoms with Crippen LogP contribution in [0, 0.1) is 17.7 Å². The Bertz CT molecular complexity index is 1350. The lowest BCUT2D eigenvalue weighted by Crippen LogP contribution is -2.29. The molecule has 6 nitrogen and oxygen atoms in total. The number of aliphatic hydroxyl groups is 1. The first-order chi connectivity index (χ1) is 15.5. The van der Waals surface area contributed by atoms with Crippen molar-refractivity contribution >= 4 is 17.0 Å². The van der Waals surface area contributed by atoms with E-state index in [2.05, 4.69) is 26.8 Å². The van der Waals surface area contributed by atoms with Crippen molar-refractivity contribution in [3.8, 4) is 28.9 Å². The summed E-state index contributed by atoms with van der Waals surface area (Å²) in [5, 5.41) is 10.7. The molecule has 0 unspecified atom stereocenters. The first-order valence-corrected chi connectivity index (χ1v) is 10.7. The standard InChI is InChI=1S/C25H22FN5O/c26-18-9-7-8-17(16-18)23-30-21-22(27)28-20(12-15-25(32)13-5-2-6-14-25)29-24(21)31(23)19-10-3-1-4-11-19/h1,3-4,7-11,16,32H,2,5-6,13-14H2,(H2,27,28,29). The van der Waals surface area contributed by atoms with Crippen LogP contribution in [0.2, 0.25) is 0 Å². The Kier molecular flexibility index (Phi) is 5.08. The van der Waals surface area contributed by atoms with Gasteiger partial charge < -0.3 is 10.8 Å². The van der Waals surface area contributed by atoms with Crippen LogP contribution in [0.5, 0.6) is 0 Å². The summed E-state index contributed by atoms with van der Waals surface area (Å²) < 4.78 is 15.8. The number of nitrogens with two attached hydrogens (primary N) is 1. The second kappa shape index (κ2) is 8.06. The molecule has 160 valence electrons. The smallest absolute Gasteiger partial charge is 0.209 e. The fraction of sp³-hybridized carbons (Fsp3) is 0.240. The highest BCUT2D eigenvalue weighted by molar-refractivity contribution is 5.87. The summed E-state index contributed by atoms with van der Waals surface area (Å²) in [5.74, 6) is 6.42. The zero-order valence-corrected chi connectivity index (χ0v) is 17.4. The zero-order chi connectivity index (χ0) is 22.1. The molecule has 1 fully saturated rings. The first-order valence-electron chi connectivity index (χ1n) is 10.7. The van der Waals surface area contributed by atoms with Crippen molar-refractivity contribution in [1.29, 1.82) is 0 Å². The van der Waals surface area contributed by atoms with E-state index in [0.29, 0.717) is 35.4 Å². The molecule has 0 bridgehead atoms. The van der Waals surface area contributed by atoms with Crippen LogP contribution in [0.25, 0.3) is 28.2 Å². The van der Waals surface area contributed by atoms with E-state index in [1.165, 1.54) is 12.1 Å². The van der Waals surface area contributed by atoms with Crippen molar-refractivity contribution in [3.63, 3.8) is 0 Å². The third-order valence-electron chi connectivity index (χ3n) is 5.72. The summed E-state index contributed by atoms with van der Waals surface area (Å²) >= 11 is 0. The van der Waals surface area contributed by atoms with Crippen LogP contribution in [0.15, 0.2) is 54.6 Å². The molecule has 0 aliphatic heterocycles. The third kappa shape index (κ3) is 3.81. The predicted octanol–water partition coefficient (Wildman–Crippen LogP) is 4.25. The average molecular weight is 427 g/mol. The number of aromatic nitrogens is 4. The Morgan fingerprint density at radius 2 is 1.75 bits per heavy atom. The number of para-hydroxylation sites is 1. The number of halogens is 1. The summed E-state index contributed by atoms with van der Waals surface area (Å²) in [6, 6.07) is 15.8. The second-order valence-corrected chi connectivity index (χ2v) is 8.06. The van der Waals surface area contributed by atoms with Crippen molar-refractivity contribution in [3.05, 3.63) is 66.2 Å². The highest BCUT2D eigenvalue weighted by atomic mass is 19.1. The van der Waals surface area contributed by atoms with Gasteiger partial charge in [0.25, 0.3) is 0 Å². The molecule has 0 amide bonds. The van der Waals surface area contributed by atoms with Crippen molar-refractivity contribution in [2.24, 2.45) is 0 Å². The Balaban J connectivity index is 1.70. The minimum atomic E-state index is -1.02. The van der Waals surface area contributed by atoms with E-state index in [1.54, 1.807) is 12.1 Å². The van der Waals surface area contributed by atoms with Gasteiger partial charge in [0.2, 0.25) is 5.82 Å². The molecule has 0 atom stereocenters. The van der Waals surface area contributed by atoms with Crippen molar-refractivity contribution in [1.82, 2.24) is 19.5 Å². The Morgan fingerprint density at radius 1 is 0.969 bits per heavy atom. The van der Waals surface area contributed by atoms with Crippen molar-refractivity contribution < 1.29 is 9.50 Å². The number of hydrogen-bond acceptors (Lipinski definition) is 5. The molecule has 1 aliphatic carbocycles. The van der Waals surface area contributed by atoms with Gasteiger partial charge in [-0.3, -0.25) is 4.57 Å². The molecule has 2 aromatic heterocycles. The van der Waals surface area contributed by atoms with Crippen LogP contribution >= 0.6 is 0 Å². The predicted molar refractivity (Wildman–Crippen MR) is 121 cm³/mol. The molecular formula is C25H22FN5O. The normalized spacial score (nSPS) is 15.3. The summed E-state index contributed by atoms with van der Waals surface area (Å²) in [4.78, 5) is 13.6. The van der Waals surface area contributed by atoms with Gasteiger partial charge in [0.15, 0.2) is 17.0 Å². The minimum Gasteiger partial charge on any atom is -0.382 e. The number of nitrogen functional groups attached to an aromatic ring is 1. The van der Waals surface area contributed by atoms with E-state index in [0.717, 1.165) is 24.9 Å². The molecule has 5 rings (SSSR count). The van der Waals surface area contributed by atoms with E-state index in [-0.39, 0.29) is 17.5 Å². The highest BCUT2D eigenvalue weighted by Crippen LogP contribution is 2.30. The minimum absolute atomic E-state index is 0.183. The maximum absolute atomic E-state index is 14.0. The second-order valence-electron chi connectivity index (χ2n) is 8.06. The molecule has 2 aromatic carbocycles. The number of rotatable bonds is 2. The zero-order valence-electron chi connectivity index (χ0n) is 17.4. The molecule has 3 N–H and O–H groups in total. The molecule has 7 heteroatoms. The molecule has 32 heavy (non-hydrogen) atoms. The molecule has 0 radical (unpaired) electrons. The van der Waals surface area contributed by atoms with Gasteiger partial charge in [0.1, 0.15) is 17.2 Å². The number of anilines is 1. The van der Waals surface area contributed by atoms with Gasteiger partial charge in [-0.2, -0.15) is 0 Å². The molecule has 1 saturated carbocycles. The molecular weight excluding hydrogens is 405 g/mol. The maximum atomic E-state index is 14.0. The summed E-state index contributed by atoms with van der Waals surface area (Å²) in [5.41, 5.74) is 7.50. The number of benzene rings is 2. The third-order valence-corrected chi connectivity index (χ3v) is 5.72. The summed E-state index contributed by atoms with van der Waals surface area (Å²) in [6.07, 6.45) is 4.29. The summed E-state index contributed by atoms with van der Waals surface area (Å²) in [6.45, 7) is 0. The molecule has 4 aromatic rings. The largest absolute Gasteiger partial charge is 0.382 e. The number of imidazole rings is 1. The van der Waals surface area contributed by atoms with Crippen LogP contribution in [-0.2, 0) is 0 Å². The van der Waals surface area contributed by atoms with E-state index >= 15 is 0 Å². The lowest BCUT2D eigenvalue weighted by atomic mass is 9.85. The van der Waals surface area contributed by atoms with Crippen LogP contribution in [-0.4, -0.2) is 30.2 Å². The van der Waals surface area contributed by atoms with Gasteiger partial charge in [-0.05, 0) is 55.9 Å². The number of nitrogens with zero attached hydrogens (tertiary/aromatic N) is 4. The Morgan fingerprint density at radius 3 is 2.50 bits per heavy atom. The van der Waals surface area contributed by atoms with E-state index < -0.39 is 5.60 Å². The Hall–Kier alpha value is -3.76. The fourth-order valence-electron chi connectivity index (χ4n) is 4.11. The number of hydrogen-bond donors (Lipinski definition) is 2. The lowest BCUT2D eigenvalue weighted by Gasteiger charge is -2.26. The Labute approximate surface area is 185 Å². The van der Waals surface area contributed by atoms with E-state index in [1.807, 2.05) is 34.9 Å². The lowest BCUT2D eigenvalue weighted by molar-refractivity contribution is 0.0610. The topological polar surface area (TPSA) is 89.8 Å². The fourth-order valence-corrected chi connectivity index (χ4v) is 4.11. The highest BCUT2D eigenvalue weighted by Gasteiger charge is 2.27. The van der Waals surface area contributed by atoms with Crippen LogP contribution in [0.1, 0.15) is 37.9 Å². The quantitative estimate of drug-likeness (QED) is 0.467. The van der Waals surface area contributed by atoms with E-state index in [4.69, 9.17) is 5.73 Å². The molecule has 0 spiro atoms. The van der Waals surface area contributed by atoms with Gasteiger partial charge in [-0.1, -0.05) is 42.7 Å². The molecule has 0 saturated heterocycles. The molecule has 2 heterocycles. The van der Waals surface area contributed by atoms with Gasteiger partial charge in [-0.15, -0.1) is 0 Å². The average Bonchev–Trinajstić information content (AvgIpc) is 3.19. The monoisotopic (exact) mass is 427 g/mol. The maximum Gasteiger partial charge on any atom is 0.209 e. The van der Waals surface area contributed by atoms with E-state index in [9.17, 15) is 9.50 Å². The van der Waals surface area contributed by atoms with Gasteiger partial charge in [0, 0.05) is 11.3 Å². The van der Waals surface area contributed by atoms with Gasteiger partial charge in [0.05, 0.1) is 0 Å². The van der Waals surface area contributed by atoms with Gasteiger partial charge in [-0.25, -0.2) is 19.3 Å². The van der Waals surface area contributed by atoms with Crippen LogP contribution in [0.3, 0.4) is 0 Å².